The second-order valence-corrected chi connectivity index (χ2v) is 4.24. The highest BCUT2D eigenvalue weighted by molar-refractivity contribution is 5.88. The summed E-state index contributed by atoms with van der Waals surface area (Å²) in [4.78, 5) is 10.8. The molecule has 0 aliphatic rings. The van der Waals surface area contributed by atoms with Gasteiger partial charge in [0.25, 0.3) is 0 Å². The van der Waals surface area contributed by atoms with Crippen LogP contribution in [0.15, 0.2) is 42.5 Å². The van der Waals surface area contributed by atoms with Gasteiger partial charge in [0.05, 0.1) is 5.56 Å². The van der Waals surface area contributed by atoms with E-state index < -0.39 is 5.97 Å². The molecule has 2 N–H and O–H groups in total. The maximum Gasteiger partial charge on any atom is 0.335 e. The van der Waals surface area contributed by atoms with Gasteiger partial charge in [-0.1, -0.05) is 12.1 Å². The zero-order chi connectivity index (χ0) is 13.8. The van der Waals surface area contributed by atoms with Crippen molar-refractivity contribution in [2.45, 2.75) is 13.5 Å². The highest BCUT2D eigenvalue weighted by Gasteiger charge is 2.06. The van der Waals surface area contributed by atoms with Crippen molar-refractivity contribution in [2.75, 3.05) is 0 Å². The van der Waals surface area contributed by atoms with E-state index in [1.807, 2.05) is 6.07 Å². The molecule has 0 saturated carbocycles. The normalized spacial score (nSPS) is 10.2. The largest absolute Gasteiger partial charge is 0.508 e. The molecule has 0 aliphatic heterocycles. The van der Waals surface area contributed by atoms with Crippen LogP contribution >= 0.6 is 0 Å². The average molecular weight is 258 g/mol. The molecule has 0 fully saturated rings. The van der Waals surface area contributed by atoms with Crippen molar-refractivity contribution >= 4 is 5.97 Å². The van der Waals surface area contributed by atoms with Gasteiger partial charge < -0.3 is 14.9 Å². The predicted octanol–water partition coefficient (Wildman–Crippen LogP) is 2.98. The summed E-state index contributed by atoms with van der Waals surface area (Å²) in [6.07, 6.45) is 0. The highest BCUT2D eigenvalue weighted by atomic mass is 16.5. The number of aromatic carboxylic acids is 1. The van der Waals surface area contributed by atoms with E-state index in [1.165, 1.54) is 6.07 Å². The molecule has 0 atom stereocenters. The van der Waals surface area contributed by atoms with Gasteiger partial charge in [-0.3, -0.25) is 0 Å². The molecule has 0 aromatic heterocycles. The van der Waals surface area contributed by atoms with Crippen molar-refractivity contribution < 1.29 is 19.7 Å². The number of benzene rings is 2. The van der Waals surface area contributed by atoms with Gasteiger partial charge in [0.15, 0.2) is 0 Å². The Balaban J connectivity index is 2.10. The van der Waals surface area contributed by atoms with Crippen LogP contribution in [0.2, 0.25) is 0 Å². The third-order valence-electron chi connectivity index (χ3n) is 2.73. The van der Waals surface area contributed by atoms with E-state index in [2.05, 4.69) is 0 Å². The summed E-state index contributed by atoms with van der Waals surface area (Å²) in [6.45, 7) is 2.12. The molecule has 0 unspecified atom stereocenters. The van der Waals surface area contributed by atoms with E-state index in [4.69, 9.17) is 9.84 Å². The minimum Gasteiger partial charge on any atom is -0.508 e. The van der Waals surface area contributed by atoms with Gasteiger partial charge in [-0.2, -0.15) is 0 Å². The van der Waals surface area contributed by atoms with Gasteiger partial charge in [-0.05, 0) is 48.4 Å². The Labute approximate surface area is 110 Å². The molecule has 0 bridgehead atoms. The number of hydrogen-bond donors (Lipinski definition) is 2. The fourth-order valence-corrected chi connectivity index (χ4v) is 1.75. The molecule has 4 heteroatoms. The minimum absolute atomic E-state index is 0.194. The second-order valence-electron chi connectivity index (χ2n) is 4.24. The molecule has 2 aromatic rings. The van der Waals surface area contributed by atoms with Gasteiger partial charge in [-0.25, -0.2) is 4.79 Å². The number of aromatic hydroxyl groups is 1. The fraction of sp³-hybridized carbons (Fsp3) is 0.133. The van der Waals surface area contributed by atoms with Crippen molar-refractivity contribution in [3.05, 3.63) is 59.2 Å². The van der Waals surface area contributed by atoms with Crippen molar-refractivity contribution in [1.82, 2.24) is 0 Å². The van der Waals surface area contributed by atoms with E-state index in [0.717, 1.165) is 11.1 Å². The smallest absolute Gasteiger partial charge is 0.335 e. The predicted molar refractivity (Wildman–Crippen MR) is 70.6 cm³/mol. The molecule has 0 spiro atoms. The van der Waals surface area contributed by atoms with Crippen molar-refractivity contribution in [3.8, 4) is 11.5 Å². The van der Waals surface area contributed by atoms with E-state index >= 15 is 0 Å². The quantitative estimate of drug-likeness (QED) is 0.884. The first-order chi connectivity index (χ1) is 9.06. The molecular weight excluding hydrogens is 244 g/mol. The van der Waals surface area contributed by atoms with Crippen molar-refractivity contribution in [2.24, 2.45) is 0 Å². The molecule has 0 aliphatic carbocycles. The van der Waals surface area contributed by atoms with Crippen LogP contribution in [0.4, 0.5) is 0 Å². The molecule has 19 heavy (non-hydrogen) atoms. The lowest BCUT2D eigenvalue weighted by Crippen LogP contribution is -2.00. The maximum atomic E-state index is 10.8. The Hall–Kier alpha value is -2.49. The van der Waals surface area contributed by atoms with Crippen LogP contribution in [0.25, 0.3) is 0 Å². The first-order valence-corrected chi connectivity index (χ1v) is 5.81. The number of rotatable bonds is 4. The van der Waals surface area contributed by atoms with Crippen molar-refractivity contribution in [1.29, 1.82) is 0 Å². The molecular formula is C15H14O4. The first-order valence-electron chi connectivity index (χ1n) is 5.81. The number of phenolic OH excluding ortho intramolecular Hbond substituents is 1. The van der Waals surface area contributed by atoms with Gasteiger partial charge in [0, 0.05) is 0 Å². The Morgan fingerprint density at radius 1 is 1.21 bits per heavy atom. The monoisotopic (exact) mass is 258 g/mol. The fourth-order valence-electron chi connectivity index (χ4n) is 1.75. The van der Waals surface area contributed by atoms with Gasteiger partial charge in [-0.15, -0.1) is 0 Å². The lowest BCUT2D eigenvalue weighted by Gasteiger charge is -2.10. The van der Waals surface area contributed by atoms with Gasteiger partial charge >= 0.3 is 5.97 Å². The number of ether oxygens (including phenoxy) is 1. The molecule has 2 aromatic carbocycles. The Morgan fingerprint density at radius 2 is 2.00 bits per heavy atom. The van der Waals surface area contributed by atoms with Gasteiger partial charge in [0.1, 0.15) is 18.1 Å². The van der Waals surface area contributed by atoms with E-state index in [-0.39, 0.29) is 11.3 Å². The zero-order valence-corrected chi connectivity index (χ0v) is 10.5. The molecule has 0 radical (unpaired) electrons. The Morgan fingerprint density at radius 3 is 2.63 bits per heavy atom. The molecule has 0 saturated heterocycles. The highest BCUT2D eigenvalue weighted by Crippen LogP contribution is 2.21. The van der Waals surface area contributed by atoms with E-state index in [9.17, 15) is 9.90 Å². The van der Waals surface area contributed by atoms with Crippen LogP contribution in [-0.4, -0.2) is 16.2 Å². The number of aryl methyl sites for hydroxylation is 1. The molecule has 4 nitrogen and oxygen atoms in total. The summed E-state index contributed by atoms with van der Waals surface area (Å²) in [5, 5.41) is 18.2. The SMILES string of the molecule is Cc1cc(C(=O)O)ccc1OCc1cccc(O)c1. The summed E-state index contributed by atoms with van der Waals surface area (Å²) in [5.41, 5.74) is 1.85. The first kappa shape index (κ1) is 13.0. The van der Waals surface area contributed by atoms with Crippen LogP contribution in [0.5, 0.6) is 11.5 Å². The third-order valence-corrected chi connectivity index (χ3v) is 2.73. The van der Waals surface area contributed by atoms with Crippen LogP contribution in [0.3, 0.4) is 0 Å². The number of phenols is 1. The topological polar surface area (TPSA) is 66.8 Å². The maximum absolute atomic E-state index is 10.8. The van der Waals surface area contributed by atoms with E-state index in [1.54, 1.807) is 37.3 Å². The van der Waals surface area contributed by atoms with Crippen LogP contribution in [0, 0.1) is 6.92 Å². The third kappa shape index (κ3) is 3.25. The molecule has 98 valence electrons. The summed E-state index contributed by atoms with van der Waals surface area (Å²) >= 11 is 0. The number of carboxylic acids is 1. The summed E-state index contributed by atoms with van der Waals surface area (Å²) in [5.74, 6) is -0.130. The average Bonchev–Trinajstić information content (AvgIpc) is 2.37. The zero-order valence-electron chi connectivity index (χ0n) is 10.5. The van der Waals surface area contributed by atoms with E-state index in [0.29, 0.717) is 12.4 Å². The summed E-state index contributed by atoms with van der Waals surface area (Å²) in [7, 11) is 0. The lowest BCUT2D eigenvalue weighted by molar-refractivity contribution is 0.0696. The second kappa shape index (κ2) is 5.44. The van der Waals surface area contributed by atoms with Gasteiger partial charge in [0.2, 0.25) is 0 Å². The summed E-state index contributed by atoms with van der Waals surface area (Å²) in [6, 6.07) is 11.5. The summed E-state index contributed by atoms with van der Waals surface area (Å²) < 4.78 is 5.61. The van der Waals surface area contributed by atoms with Crippen LogP contribution in [-0.2, 0) is 6.61 Å². The molecule has 0 heterocycles. The number of hydrogen-bond acceptors (Lipinski definition) is 3. The number of carbonyl (C=O) groups is 1. The molecule has 2 rings (SSSR count). The van der Waals surface area contributed by atoms with Crippen LogP contribution in [0.1, 0.15) is 21.5 Å². The number of carboxylic acid groups (broad SMARTS) is 1. The Bertz CT molecular complexity index is 605. The molecule has 0 amide bonds. The van der Waals surface area contributed by atoms with Crippen LogP contribution < -0.4 is 4.74 Å². The minimum atomic E-state index is -0.956. The van der Waals surface area contributed by atoms with Crippen molar-refractivity contribution in [3.63, 3.8) is 0 Å². The standard InChI is InChI=1S/C15H14O4/c1-10-7-12(15(17)18)5-6-14(10)19-9-11-3-2-4-13(16)8-11/h2-8,16H,9H2,1H3,(H,17,18). The lowest BCUT2D eigenvalue weighted by atomic mass is 10.1. The Kier molecular flexibility index (Phi) is 3.71.